The van der Waals surface area contributed by atoms with Crippen molar-refractivity contribution in [2.45, 2.75) is 46.3 Å². The summed E-state index contributed by atoms with van der Waals surface area (Å²) in [5.74, 6) is 0. The molecular weight excluding hydrogens is 236 g/mol. The minimum absolute atomic E-state index is 0.240. The summed E-state index contributed by atoms with van der Waals surface area (Å²) in [4.78, 5) is 0. The smallest absolute Gasteiger partial charge is 0.0880 e. The van der Waals surface area contributed by atoms with E-state index in [1.807, 2.05) is 26.0 Å². The predicted molar refractivity (Wildman–Crippen MR) is 84.2 cm³/mol. The van der Waals surface area contributed by atoms with Gasteiger partial charge in [0.25, 0.3) is 0 Å². The van der Waals surface area contributed by atoms with E-state index in [4.69, 9.17) is 5.11 Å². The molecule has 19 heavy (non-hydrogen) atoms. The number of hydrogen-bond acceptors (Lipinski definition) is 3. The molecule has 0 aromatic heterocycles. The molecule has 3 heteroatoms. The molecule has 0 fully saturated rings. The Hall–Kier alpha value is -1.61. The first-order chi connectivity index (χ1) is 8.95. The van der Waals surface area contributed by atoms with Crippen molar-refractivity contribution in [3.63, 3.8) is 0 Å². The van der Waals surface area contributed by atoms with Crippen LogP contribution in [0.3, 0.4) is 0 Å². The molecule has 2 N–H and O–H groups in total. The molecule has 0 aromatic rings. The molecule has 3 nitrogen and oxygen atoms in total. The first kappa shape index (κ1) is 17.4. The fourth-order valence-corrected chi connectivity index (χ4v) is 1.18. The van der Waals surface area contributed by atoms with E-state index in [0.717, 1.165) is 12.0 Å². The number of nitrogens with one attached hydrogen (secondary N) is 1. The Morgan fingerprint density at radius 2 is 1.89 bits per heavy atom. The number of nitrogens with zero attached hydrogens (tertiary/aromatic N) is 1. The van der Waals surface area contributed by atoms with Crippen LogP contribution in [0.1, 0.15) is 34.1 Å². The molecule has 2 unspecified atom stereocenters. The Morgan fingerprint density at radius 1 is 1.26 bits per heavy atom. The van der Waals surface area contributed by atoms with Crippen molar-refractivity contribution in [2.24, 2.45) is 5.10 Å². The lowest BCUT2D eigenvalue weighted by Crippen LogP contribution is -2.20. The van der Waals surface area contributed by atoms with Gasteiger partial charge in [0.05, 0.1) is 12.3 Å². The summed E-state index contributed by atoms with van der Waals surface area (Å²) in [6, 6.07) is 0.240. The van der Waals surface area contributed by atoms with Gasteiger partial charge in [0.2, 0.25) is 0 Å². The second-order valence-electron chi connectivity index (χ2n) is 4.71. The summed E-state index contributed by atoms with van der Waals surface area (Å²) < 4.78 is 0. The van der Waals surface area contributed by atoms with Crippen LogP contribution in [0, 0.1) is 0 Å². The van der Waals surface area contributed by atoms with Crippen molar-refractivity contribution in [1.29, 1.82) is 0 Å². The van der Waals surface area contributed by atoms with E-state index in [2.05, 4.69) is 42.3 Å². The van der Waals surface area contributed by atoms with Crippen LogP contribution in [0.15, 0.2) is 53.2 Å². The number of hydrazone groups is 1. The third kappa shape index (κ3) is 11.2. The highest BCUT2D eigenvalue weighted by Crippen LogP contribution is 2.02. The van der Waals surface area contributed by atoms with Crippen molar-refractivity contribution in [3.8, 4) is 0 Å². The van der Waals surface area contributed by atoms with Crippen molar-refractivity contribution >= 4 is 6.21 Å². The standard InChI is InChI=1S/C16H26N2O/c1-6-13(2)10-11-14(3)8-7-9-15(4)18-17-12-16(5)19/h6-8,10-12,15-16,18-19H,1,9H2,2-5H3/b8-7+,13-10-,14-11+,17-12+. The zero-order valence-electron chi connectivity index (χ0n) is 12.4. The molecule has 0 heterocycles. The minimum Gasteiger partial charge on any atom is -0.388 e. The van der Waals surface area contributed by atoms with Gasteiger partial charge in [-0.1, -0.05) is 48.1 Å². The quantitative estimate of drug-likeness (QED) is 0.400. The average molecular weight is 262 g/mol. The average Bonchev–Trinajstić information content (AvgIpc) is 2.35. The molecule has 0 aliphatic rings. The van der Waals surface area contributed by atoms with Gasteiger partial charge in [-0.15, -0.1) is 0 Å². The van der Waals surface area contributed by atoms with E-state index >= 15 is 0 Å². The molecule has 0 aliphatic carbocycles. The highest BCUT2D eigenvalue weighted by molar-refractivity contribution is 5.61. The summed E-state index contributed by atoms with van der Waals surface area (Å²) in [6.45, 7) is 11.5. The van der Waals surface area contributed by atoms with E-state index in [1.165, 1.54) is 11.8 Å². The zero-order chi connectivity index (χ0) is 14.7. The van der Waals surface area contributed by atoms with Crippen molar-refractivity contribution in [1.82, 2.24) is 5.43 Å². The zero-order valence-corrected chi connectivity index (χ0v) is 12.4. The Kier molecular flexibility index (Phi) is 9.45. The third-order valence-electron chi connectivity index (χ3n) is 2.39. The third-order valence-corrected chi connectivity index (χ3v) is 2.39. The maximum absolute atomic E-state index is 9.02. The van der Waals surface area contributed by atoms with Gasteiger partial charge in [-0.05, 0) is 34.1 Å². The van der Waals surface area contributed by atoms with E-state index in [9.17, 15) is 0 Å². The summed E-state index contributed by atoms with van der Waals surface area (Å²) in [5.41, 5.74) is 5.30. The van der Waals surface area contributed by atoms with Crippen molar-refractivity contribution in [2.75, 3.05) is 0 Å². The fraction of sp³-hybridized carbons (Fsp3) is 0.438. The highest BCUT2D eigenvalue weighted by Gasteiger charge is 1.95. The Morgan fingerprint density at radius 3 is 2.47 bits per heavy atom. The number of aliphatic hydroxyl groups is 1. The van der Waals surface area contributed by atoms with Crippen LogP contribution in [-0.2, 0) is 0 Å². The summed E-state index contributed by atoms with van der Waals surface area (Å²) in [6.07, 6.45) is 12.0. The second kappa shape index (κ2) is 10.3. The number of aliphatic hydroxyl groups excluding tert-OH is 1. The topological polar surface area (TPSA) is 44.6 Å². The maximum atomic E-state index is 9.02. The Labute approximate surface area is 117 Å². The number of allylic oxidation sites excluding steroid dienone is 6. The first-order valence-electron chi connectivity index (χ1n) is 6.56. The van der Waals surface area contributed by atoms with Gasteiger partial charge in [0.1, 0.15) is 0 Å². The van der Waals surface area contributed by atoms with Crippen LogP contribution in [0.2, 0.25) is 0 Å². The van der Waals surface area contributed by atoms with Crippen LogP contribution in [0.25, 0.3) is 0 Å². The van der Waals surface area contributed by atoms with E-state index in [1.54, 1.807) is 6.92 Å². The lowest BCUT2D eigenvalue weighted by atomic mass is 10.1. The number of rotatable bonds is 8. The van der Waals surface area contributed by atoms with Crippen LogP contribution >= 0.6 is 0 Å². The van der Waals surface area contributed by atoms with Crippen LogP contribution in [-0.4, -0.2) is 23.5 Å². The Balaban J connectivity index is 4.11. The molecule has 0 saturated heterocycles. The molecule has 0 rings (SSSR count). The molecule has 0 bridgehead atoms. The molecule has 106 valence electrons. The molecular formula is C16H26N2O. The maximum Gasteiger partial charge on any atom is 0.0880 e. The van der Waals surface area contributed by atoms with Gasteiger partial charge in [-0.3, -0.25) is 0 Å². The van der Waals surface area contributed by atoms with Gasteiger partial charge in [-0.2, -0.15) is 5.10 Å². The van der Waals surface area contributed by atoms with Crippen molar-refractivity contribution in [3.05, 3.63) is 48.1 Å². The van der Waals surface area contributed by atoms with Gasteiger partial charge in [-0.25, -0.2) is 0 Å². The van der Waals surface area contributed by atoms with Crippen LogP contribution < -0.4 is 5.43 Å². The normalized spacial score (nSPS) is 16.9. The summed E-state index contributed by atoms with van der Waals surface area (Å²) in [5, 5.41) is 13.0. The molecule has 0 aromatic carbocycles. The lowest BCUT2D eigenvalue weighted by molar-refractivity contribution is 0.266. The van der Waals surface area contributed by atoms with E-state index < -0.39 is 6.10 Å². The monoisotopic (exact) mass is 262 g/mol. The van der Waals surface area contributed by atoms with Crippen molar-refractivity contribution < 1.29 is 5.11 Å². The molecule has 0 aliphatic heterocycles. The molecule has 0 amide bonds. The fourth-order valence-electron chi connectivity index (χ4n) is 1.18. The van der Waals surface area contributed by atoms with Gasteiger partial charge < -0.3 is 10.5 Å². The first-order valence-corrected chi connectivity index (χ1v) is 6.56. The van der Waals surface area contributed by atoms with Gasteiger partial charge in [0.15, 0.2) is 0 Å². The lowest BCUT2D eigenvalue weighted by Gasteiger charge is -2.07. The van der Waals surface area contributed by atoms with E-state index in [0.29, 0.717) is 0 Å². The van der Waals surface area contributed by atoms with Gasteiger partial charge >= 0.3 is 0 Å². The van der Waals surface area contributed by atoms with Crippen LogP contribution in [0.4, 0.5) is 0 Å². The largest absolute Gasteiger partial charge is 0.388 e. The summed E-state index contributed by atoms with van der Waals surface area (Å²) in [7, 11) is 0. The summed E-state index contributed by atoms with van der Waals surface area (Å²) >= 11 is 0. The SMILES string of the molecule is C=C\C(C)=C/C=C(C)/C=C/CC(C)N/N=C/C(C)O. The molecule has 0 spiro atoms. The van der Waals surface area contributed by atoms with E-state index in [-0.39, 0.29) is 6.04 Å². The molecule has 0 saturated carbocycles. The van der Waals surface area contributed by atoms with Gasteiger partial charge in [0, 0.05) is 6.04 Å². The minimum atomic E-state index is -0.514. The van der Waals surface area contributed by atoms with Crippen LogP contribution in [0.5, 0.6) is 0 Å². The Bertz CT molecular complexity index is 376. The predicted octanol–water partition coefficient (Wildman–Crippen LogP) is 3.36. The second-order valence-corrected chi connectivity index (χ2v) is 4.71. The number of hydrogen-bond donors (Lipinski definition) is 2. The molecule has 2 atom stereocenters. The molecule has 0 radical (unpaired) electrons. The highest BCUT2D eigenvalue weighted by atomic mass is 16.3.